The van der Waals surface area contributed by atoms with Gasteiger partial charge in [-0.3, -0.25) is 0 Å². The molecule has 0 amide bonds. The van der Waals surface area contributed by atoms with Crippen molar-refractivity contribution in [1.29, 1.82) is 0 Å². The van der Waals surface area contributed by atoms with Gasteiger partial charge in [-0.05, 0) is 43.1 Å². The second-order valence-corrected chi connectivity index (χ2v) is 5.56. The van der Waals surface area contributed by atoms with Crippen molar-refractivity contribution in [3.8, 4) is 5.75 Å². The molecule has 1 unspecified atom stereocenters. The number of hydrogen-bond donors (Lipinski definition) is 1. The zero-order valence-corrected chi connectivity index (χ0v) is 13.6. The number of benzene rings is 2. The molecule has 0 bridgehead atoms. The summed E-state index contributed by atoms with van der Waals surface area (Å²) in [4.78, 5) is 0. The Hall–Kier alpha value is -1.51. The molecular weight excluding hydrogens is 282 g/mol. The first-order valence-electron chi connectivity index (χ1n) is 7.29. The molecule has 2 nitrogen and oxygen atoms in total. The molecule has 21 heavy (non-hydrogen) atoms. The Morgan fingerprint density at radius 1 is 1.14 bits per heavy atom. The van der Waals surface area contributed by atoms with Gasteiger partial charge in [-0.25, -0.2) is 0 Å². The topological polar surface area (TPSA) is 21.3 Å². The van der Waals surface area contributed by atoms with Gasteiger partial charge in [0.1, 0.15) is 5.75 Å². The van der Waals surface area contributed by atoms with Crippen LogP contribution in [0, 0.1) is 6.92 Å². The molecule has 2 rings (SSSR count). The SMILES string of the molecule is CCCNC(c1ccccc1Cl)c1ccc(C)cc1OC. The lowest BCUT2D eigenvalue weighted by Gasteiger charge is -2.23. The quantitative estimate of drug-likeness (QED) is 0.832. The number of methoxy groups -OCH3 is 1. The summed E-state index contributed by atoms with van der Waals surface area (Å²) in [6.45, 7) is 5.15. The molecule has 0 aliphatic rings. The Kier molecular flexibility index (Phi) is 5.66. The molecule has 3 heteroatoms. The molecule has 0 spiro atoms. The fourth-order valence-corrected chi connectivity index (χ4v) is 2.69. The van der Waals surface area contributed by atoms with Gasteiger partial charge in [0, 0.05) is 10.6 Å². The summed E-state index contributed by atoms with van der Waals surface area (Å²) < 4.78 is 5.57. The minimum Gasteiger partial charge on any atom is -0.496 e. The highest BCUT2D eigenvalue weighted by atomic mass is 35.5. The third-order valence-corrected chi connectivity index (χ3v) is 3.86. The smallest absolute Gasteiger partial charge is 0.124 e. The first kappa shape index (κ1) is 15.9. The van der Waals surface area contributed by atoms with E-state index in [-0.39, 0.29) is 6.04 Å². The Bertz CT molecular complexity index is 598. The van der Waals surface area contributed by atoms with E-state index >= 15 is 0 Å². The number of rotatable bonds is 6. The minimum atomic E-state index is 0.0363. The van der Waals surface area contributed by atoms with Gasteiger partial charge in [-0.1, -0.05) is 48.9 Å². The van der Waals surface area contributed by atoms with Crippen molar-refractivity contribution in [3.05, 3.63) is 64.2 Å². The fourth-order valence-electron chi connectivity index (χ4n) is 2.44. The minimum absolute atomic E-state index is 0.0363. The molecule has 0 saturated carbocycles. The van der Waals surface area contributed by atoms with Gasteiger partial charge in [-0.15, -0.1) is 0 Å². The van der Waals surface area contributed by atoms with Crippen molar-refractivity contribution >= 4 is 11.6 Å². The van der Waals surface area contributed by atoms with Crippen LogP contribution in [0.3, 0.4) is 0 Å². The van der Waals surface area contributed by atoms with E-state index in [0.717, 1.165) is 34.9 Å². The maximum absolute atomic E-state index is 6.39. The predicted octanol–water partition coefficient (Wildman–Crippen LogP) is 4.75. The highest BCUT2D eigenvalue weighted by Gasteiger charge is 2.19. The van der Waals surface area contributed by atoms with E-state index in [1.54, 1.807) is 7.11 Å². The predicted molar refractivity (Wildman–Crippen MR) is 89.3 cm³/mol. The Morgan fingerprint density at radius 2 is 1.90 bits per heavy atom. The van der Waals surface area contributed by atoms with Crippen LogP contribution in [0.5, 0.6) is 5.75 Å². The Morgan fingerprint density at radius 3 is 2.57 bits per heavy atom. The maximum atomic E-state index is 6.39. The van der Waals surface area contributed by atoms with E-state index in [1.807, 2.05) is 18.2 Å². The number of halogens is 1. The lowest BCUT2D eigenvalue weighted by atomic mass is 9.96. The van der Waals surface area contributed by atoms with Crippen LogP contribution in [0.2, 0.25) is 5.02 Å². The molecule has 112 valence electrons. The summed E-state index contributed by atoms with van der Waals surface area (Å²) in [5.41, 5.74) is 3.38. The van der Waals surface area contributed by atoms with Crippen LogP contribution in [0.15, 0.2) is 42.5 Å². The number of nitrogens with one attached hydrogen (secondary N) is 1. The third-order valence-electron chi connectivity index (χ3n) is 3.51. The molecule has 0 fully saturated rings. The van der Waals surface area contributed by atoms with Crippen LogP contribution < -0.4 is 10.1 Å². The molecule has 0 saturated heterocycles. The molecule has 0 aromatic heterocycles. The van der Waals surface area contributed by atoms with Crippen LogP contribution in [0.1, 0.15) is 36.1 Å². The molecule has 2 aromatic carbocycles. The summed E-state index contributed by atoms with van der Waals surface area (Å²) in [6, 6.07) is 14.3. The zero-order chi connectivity index (χ0) is 15.2. The van der Waals surface area contributed by atoms with Crippen molar-refractivity contribution in [3.63, 3.8) is 0 Å². The second-order valence-electron chi connectivity index (χ2n) is 5.15. The standard InChI is InChI=1S/C18H22ClNO/c1-4-11-20-18(14-7-5-6-8-16(14)19)15-10-9-13(2)12-17(15)21-3/h5-10,12,18,20H,4,11H2,1-3H3. The van der Waals surface area contributed by atoms with Crippen molar-refractivity contribution in [2.45, 2.75) is 26.3 Å². The van der Waals surface area contributed by atoms with Crippen molar-refractivity contribution in [2.24, 2.45) is 0 Å². The Labute approximate surface area is 132 Å². The van der Waals surface area contributed by atoms with E-state index in [0.29, 0.717) is 0 Å². The maximum Gasteiger partial charge on any atom is 0.124 e. The lowest BCUT2D eigenvalue weighted by Crippen LogP contribution is -2.24. The van der Waals surface area contributed by atoms with Crippen molar-refractivity contribution < 1.29 is 4.74 Å². The average molecular weight is 304 g/mol. The van der Waals surface area contributed by atoms with E-state index in [4.69, 9.17) is 16.3 Å². The summed E-state index contributed by atoms with van der Waals surface area (Å²) in [7, 11) is 1.71. The average Bonchev–Trinajstić information content (AvgIpc) is 2.50. The zero-order valence-electron chi connectivity index (χ0n) is 12.8. The molecule has 0 radical (unpaired) electrons. The number of ether oxygens (including phenoxy) is 1. The summed E-state index contributed by atoms with van der Waals surface area (Å²) >= 11 is 6.39. The van der Waals surface area contributed by atoms with Gasteiger partial charge >= 0.3 is 0 Å². The lowest BCUT2D eigenvalue weighted by molar-refractivity contribution is 0.403. The monoisotopic (exact) mass is 303 g/mol. The molecular formula is C18H22ClNO. The van der Waals surface area contributed by atoms with Gasteiger partial charge in [0.15, 0.2) is 0 Å². The van der Waals surface area contributed by atoms with Crippen LogP contribution in [-0.2, 0) is 0 Å². The van der Waals surface area contributed by atoms with E-state index in [2.05, 4.69) is 43.4 Å². The molecule has 0 aliphatic carbocycles. The Balaban J connectivity index is 2.48. The van der Waals surface area contributed by atoms with Crippen LogP contribution in [0.4, 0.5) is 0 Å². The third kappa shape index (κ3) is 3.78. The largest absolute Gasteiger partial charge is 0.496 e. The summed E-state index contributed by atoms with van der Waals surface area (Å²) in [5, 5.41) is 4.34. The van der Waals surface area contributed by atoms with Crippen LogP contribution in [0.25, 0.3) is 0 Å². The molecule has 1 atom stereocenters. The normalized spacial score (nSPS) is 12.2. The number of aryl methyl sites for hydroxylation is 1. The highest BCUT2D eigenvalue weighted by molar-refractivity contribution is 6.31. The highest BCUT2D eigenvalue weighted by Crippen LogP contribution is 2.34. The van der Waals surface area contributed by atoms with Gasteiger partial charge in [0.05, 0.1) is 13.2 Å². The number of hydrogen-bond acceptors (Lipinski definition) is 2. The van der Waals surface area contributed by atoms with E-state index in [1.165, 1.54) is 5.56 Å². The van der Waals surface area contributed by atoms with E-state index < -0.39 is 0 Å². The molecule has 2 aromatic rings. The second kappa shape index (κ2) is 7.48. The van der Waals surface area contributed by atoms with Gasteiger partial charge in [0.2, 0.25) is 0 Å². The molecule has 1 N–H and O–H groups in total. The van der Waals surface area contributed by atoms with Crippen molar-refractivity contribution in [1.82, 2.24) is 5.32 Å². The summed E-state index contributed by atoms with van der Waals surface area (Å²) in [6.07, 6.45) is 1.06. The van der Waals surface area contributed by atoms with Gasteiger partial charge in [-0.2, -0.15) is 0 Å². The van der Waals surface area contributed by atoms with Gasteiger partial charge < -0.3 is 10.1 Å². The van der Waals surface area contributed by atoms with E-state index in [9.17, 15) is 0 Å². The fraction of sp³-hybridized carbons (Fsp3) is 0.333. The molecule has 0 heterocycles. The van der Waals surface area contributed by atoms with Crippen molar-refractivity contribution in [2.75, 3.05) is 13.7 Å². The first-order chi connectivity index (χ1) is 10.2. The van der Waals surface area contributed by atoms with Crippen LogP contribution in [-0.4, -0.2) is 13.7 Å². The van der Waals surface area contributed by atoms with Gasteiger partial charge in [0.25, 0.3) is 0 Å². The first-order valence-corrected chi connectivity index (χ1v) is 7.67. The summed E-state index contributed by atoms with van der Waals surface area (Å²) in [5.74, 6) is 0.892. The molecule has 0 aliphatic heterocycles. The van der Waals surface area contributed by atoms with Crippen LogP contribution >= 0.6 is 11.6 Å².